The van der Waals surface area contributed by atoms with Crippen molar-refractivity contribution in [2.24, 2.45) is 0 Å². The van der Waals surface area contributed by atoms with Crippen LogP contribution in [0.4, 0.5) is 10.2 Å². The minimum atomic E-state index is -3.50. The summed E-state index contributed by atoms with van der Waals surface area (Å²) >= 11 is 0. The molecule has 0 radical (unpaired) electrons. The molecule has 4 rings (SSSR count). The Kier molecular flexibility index (Phi) is 5.26. The first-order valence-corrected chi connectivity index (χ1v) is 11.4. The molecule has 1 aliphatic rings. The van der Waals surface area contributed by atoms with E-state index in [0.29, 0.717) is 17.5 Å². The summed E-state index contributed by atoms with van der Waals surface area (Å²) in [4.78, 5) is 28.1. The zero-order chi connectivity index (χ0) is 22.3. The SMILES string of the molecule is CCCS(=O)(=O)Nc1ccc(-c2cc3c(cc2F)c(=O)c(C(=O)O)cn3C2CC2)cn1. The number of nitrogens with one attached hydrogen (secondary N) is 1. The Balaban J connectivity index is 1.79. The third-order valence-electron chi connectivity index (χ3n) is 5.10. The van der Waals surface area contributed by atoms with E-state index in [9.17, 15) is 27.5 Å². The lowest BCUT2D eigenvalue weighted by molar-refractivity contribution is 0.0695. The van der Waals surface area contributed by atoms with Gasteiger partial charge in [0, 0.05) is 34.9 Å². The van der Waals surface area contributed by atoms with E-state index in [1.807, 2.05) is 0 Å². The Bertz CT molecular complexity index is 1350. The molecule has 0 saturated heterocycles. The Morgan fingerprint density at radius 3 is 2.65 bits per heavy atom. The number of nitrogens with zero attached hydrogens (tertiary/aromatic N) is 2. The minimum absolute atomic E-state index is 0.00459. The summed E-state index contributed by atoms with van der Waals surface area (Å²) in [7, 11) is -3.50. The minimum Gasteiger partial charge on any atom is -0.477 e. The average molecular weight is 445 g/mol. The van der Waals surface area contributed by atoms with Crippen molar-refractivity contribution in [3.8, 4) is 11.1 Å². The standard InChI is InChI=1S/C21H20FN3O5S/c1-2-7-31(29,30)24-19-6-3-12(10-23-19)14-9-18-15(8-17(14)22)20(26)16(21(27)28)11-25(18)13-4-5-13/h3,6,8-11,13H,2,4-5,7H2,1H3,(H,23,24)(H,27,28). The second kappa shape index (κ2) is 7.77. The topological polar surface area (TPSA) is 118 Å². The molecule has 2 heterocycles. The molecule has 2 aromatic heterocycles. The second-order valence-corrected chi connectivity index (χ2v) is 9.36. The van der Waals surface area contributed by atoms with Gasteiger partial charge in [-0.1, -0.05) is 6.92 Å². The van der Waals surface area contributed by atoms with Gasteiger partial charge in [-0.15, -0.1) is 0 Å². The summed E-state index contributed by atoms with van der Waals surface area (Å²) in [6.07, 6.45) is 4.81. The van der Waals surface area contributed by atoms with Crippen molar-refractivity contribution in [2.45, 2.75) is 32.2 Å². The van der Waals surface area contributed by atoms with E-state index < -0.39 is 32.8 Å². The van der Waals surface area contributed by atoms with Crippen molar-refractivity contribution >= 4 is 32.7 Å². The predicted octanol–water partition coefficient (Wildman–Crippen LogP) is 3.39. The molecule has 8 nitrogen and oxygen atoms in total. The molecule has 0 spiro atoms. The summed E-state index contributed by atoms with van der Waals surface area (Å²) < 4.78 is 42.8. The van der Waals surface area contributed by atoms with Gasteiger partial charge in [0.15, 0.2) is 0 Å². The van der Waals surface area contributed by atoms with Crippen LogP contribution in [0.5, 0.6) is 0 Å². The molecule has 0 aliphatic heterocycles. The Labute approximate surface area is 177 Å². The van der Waals surface area contributed by atoms with E-state index in [4.69, 9.17) is 0 Å². The molecule has 31 heavy (non-hydrogen) atoms. The van der Waals surface area contributed by atoms with E-state index in [-0.39, 0.29) is 28.6 Å². The highest BCUT2D eigenvalue weighted by Crippen LogP contribution is 2.38. The molecule has 1 saturated carbocycles. The Morgan fingerprint density at radius 1 is 1.32 bits per heavy atom. The van der Waals surface area contributed by atoms with Crippen LogP contribution >= 0.6 is 0 Å². The number of carbonyl (C=O) groups is 1. The third kappa shape index (κ3) is 4.15. The van der Waals surface area contributed by atoms with Crippen LogP contribution in [0.1, 0.15) is 42.6 Å². The van der Waals surface area contributed by atoms with Crippen LogP contribution in [0.25, 0.3) is 22.0 Å². The Morgan fingerprint density at radius 2 is 2.06 bits per heavy atom. The lowest BCUT2D eigenvalue weighted by Crippen LogP contribution is -2.19. The van der Waals surface area contributed by atoms with Gasteiger partial charge in [-0.25, -0.2) is 22.6 Å². The molecule has 0 bridgehead atoms. The van der Waals surface area contributed by atoms with Crippen LogP contribution in [-0.4, -0.2) is 34.8 Å². The van der Waals surface area contributed by atoms with Crippen LogP contribution in [-0.2, 0) is 10.0 Å². The molecule has 1 fully saturated rings. The lowest BCUT2D eigenvalue weighted by Gasteiger charge is -2.14. The quantitative estimate of drug-likeness (QED) is 0.576. The zero-order valence-corrected chi connectivity index (χ0v) is 17.4. The van der Waals surface area contributed by atoms with Gasteiger partial charge in [-0.2, -0.15) is 0 Å². The van der Waals surface area contributed by atoms with Crippen molar-refractivity contribution in [1.82, 2.24) is 9.55 Å². The van der Waals surface area contributed by atoms with Gasteiger partial charge in [0.25, 0.3) is 0 Å². The first kappa shape index (κ1) is 21.0. The smallest absolute Gasteiger partial charge is 0.341 e. The second-order valence-electron chi connectivity index (χ2n) is 7.52. The Hall–Kier alpha value is -3.27. The van der Waals surface area contributed by atoms with Crippen LogP contribution in [0.3, 0.4) is 0 Å². The fourth-order valence-corrected chi connectivity index (χ4v) is 4.57. The molecule has 162 valence electrons. The average Bonchev–Trinajstić information content (AvgIpc) is 3.53. The first-order chi connectivity index (χ1) is 14.7. The van der Waals surface area contributed by atoms with Crippen molar-refractivity contribution in [1.29, 1.82) is 0 Å². The van der Waals surface area contributed by atoms with E-state index >= 15 is 0 Å². The van der Waals surface area contributed by atoms with Crippen molar-refractivity contribution in [3.63, 3.8) is 0 Å². The highest BCUT2D eigenvalue weighted by Gasteiger charge is 2.27. The number of halogens is 1. The number of hydrogen-bond acceptors (Lipinski definition) is 5. The molecule has 0 atom stereocenters. The van der Waals surface area contributed by atoms with Crippen LogP contribution in [0.2, 0.25) is 0 Å². The van der Waals surface area contributed by atoms with Gasteiger partial charge in [-0.3, -0.25) is 9.52 Å². The molecular formula is C21H20FN3O5S. The number of hydrogen-bond donors (Lipinski definition) is 2. The molecule has 0 unspecified atom stereocenters. The maximum Gasteiger partial charge on any atom is 0.341 e. The molecule has 10 heteroatoms. The van der Waals surface area contributed by atoms with Gasteiger partial charge in [0.1, 0.15) is 17.2 Å². The number of pyridine rings is 2. The molecular weight excluding hydrogens is 425 g/mol. The fourth-order valence-electron chi connectivity index (χ4n) is 3.49. The van der Waals surface area contributed by atoms with Crippen LogP contribution in [0, 0.1) is 5.82 Å². The number of anilines is 1. The zero-order valence-electron chi connectivity index (χ0n) is 16.6. The number of aromatic carboxylic acids is 1. The highest BCUT2D eigenvalue weighted by molar-refractivity contribution is 7.92. The summed E-state index contributed by atoms with van der Waals surface area (Å²) in [5.41, 5.74) is -0.100. The number of sulfonamides is 1. The third-order valence-corrected chi connectivity index (χ3v) is 6.56. The number of benzene rings is 1. The van der Waals surface area contributed by atoms with Crippen LogP contribution < -0.4 is 10.2 Å². The predicted molar refractivity (Wildman–Crippen MR) is 114 cm³/mol. The first-order valence-electron chi connectivity index (χ1n) is 9.79. The molecule has 2 N–H and O–H groups in total. The molecule has 3 aromatic rings. The van der Waals surface area contributed by atoms with E-state index in [2.05, 4.69) is 9.71 Å². The lowest BCUT2D eigenvalue weighted by atomic mass is 10.0. The summed E-state index contributed by atoms with van der Waals surface area (Å²) in [5.74, 6) is -1.96. The van der Waals surface area contributed by atoms with E-state index in [0.717, 1.165) is 18.9 Å². The van der Waals surface area contributed by atoms with Gasteiger partial charge in [0.2, 0.25) is 15.5 Å². The number of aromatic nitrogens is 2. The van der Waals surface area contributed by atoms with Crippen LogP contribution in [0.15, 0.2) is 41.5 Å². The number of fused-ring (bicyclic) bond motifs is 1. The fraction of sp³-hybridized carbons (Fsp3) is 0.286. The van der Waals surface area contributed by atoms with Crippen molar-refractivity contribution < 1.29 is 22.7 Å². The van der Waals surface area contributed by atoms with Gasteiger partial charge in [0.05, 0.1) is 11.3 Å². The number of carboxylic acid groups (broad SMARTS) is 1. The summed E-state index contributed by atoms with van der Waals surface area (Å²) in [6, 6.07) is 5.59. The van der Waals surface area contributed by atoms with Gasteiger partial charge < -0.3 is 9.67 Å². The molecule has 1 aliphatic carbocycles. The monoisotopic (exact) mass is 445 g/mol. The van der Waals surface area contributed by atoms with Crippen molar-refractivity contribution in [3.05, 3.63) is 58.3 Å². The van der Waals surface area contributed by atoms with E-state index in [1.165, 1.54) is 30.6 Å². The van der Waals surface area contributed by atoms with E-state index in [1.54, 1.807) is 11.5 Å². The maximum atomic E-state index is 14.9. The normalized spacial score (nSPS) is 14.0. The molecule has 1 aromatic carbocycles. The summed E-state index contributed by atoms with van der Waals surface area (Å²) in [5, 5.41) is 9.33. The largest absolute Gasteiger partial charge is 0.477 e. The highest BCUT2D eigenvalue weighted by atomic mass is 32.2. The van der Waals surface area contributed by atoms with Crippen molar-refractivity contribution in [2.75, 3.05) is 10.5 Å². The molecule has 0 amide bonds. The number of rotatable bonds is 7. The summed E-state index contributed by atoms with van der Waals surface area (Å²) in [6.45, 7) is 1.75. The van der Waals surface area contributed by atoms with Gasteiger partial charge >= 0.3 is 5.97 Å². The van der Waals surface area contributed by atoms with Gasteiger partial charge in [-0.05, 0) is 43.5 Å². The number of carboxylic acids is 1. The maximum absolute atomic E-state index is 14.9.